The van der Waals surface area contributed by atoms with Crippen LogP contribution >= 0.6 is 0 Å². The summed E-state index contributed by atoms with van der Waals surface area (Å²) in [6.45, 7) is 15.9. The molecule has 0 saturated carbocycles. The SMILES string of the molecule is C=C(C)CCc1c(OC2CC(O)CC(CO)O2)nn(C2CCOC2)c1CC.CC=C(CC)CC. The molecule has 4 atom stereocenters. The van der Waals surface area contributed by atoms with E-state index in [1.807, 2.05) is 6.92 Å². The van der Waals surface area contributed by atoms with Crippen LogP contribution in [-0.4, -0.2) is 58.3 Å². The Labute approximate surface area is 205 Å². The first-order chi connectivity index (χ1) is 16.4. The van der Waals surface area contributed by atoms with E-state index in [1.54, 1.807) is 5.57 Å². The van der Waals surface area contributed by atoms with Gasteiger partial charge >= 0.3 is 0 Å². The highest BCUT2D eigenvalue weighted by atomic mass is 16.7. The van der Waals surface area contributed by atoms with Crippen LogP contribution in [0.1, 0.15) is 90.4 Å². The van der Waals surface area contributed by atoms with Gasteiger partial charge in [-0.3, -0.25) is 4.68 Å². The Bertz CT molecular complexity index is 776. The van der Waals surface area contributed by atoms with E-state index < -0.39 is 18.5 Å². The van der Waals surface area contributed by atoms with E-state index >= 15 is 0 Å². The van der Waals surface area contributed by atoms with E-state index in [4.69, 9.17) is 19.3 Å². The summed E-state index contributed by atoms with van der Waals surface area (Å²) < 4.78 is 19.5. The largest absolute Gasteiger partial charge is 0.446 e. The molecule has 0 spiro atoms. The molecule has 2 saturated heterocycles. The highest BCUT2D eigenvalue weighted by Crippen LogP contribution is 2.32. The molecular formula is C27H46N2O5. The summed E-state index contributed by atoms with van der Waals surface area (Å²) in [6.07, 6.45) is 7.32. The average Bonchev–Trinajstić information content (AvgIpc) is 3.46. The van der Waals surface area contributed by atoms with Crippen molar-refractivity contribution < 1.29 is 24.4 Å². The molecule has 34 heavy (non-hydrogen) atoms. The fourth-order valence-electron chi connectivity index (χ4n) is 4.48. The molecular weight excluding hydrogens is 432 g/mol. The van der Waals surface area contributed by atoms with Gasteiger partial charge in [0.05, 0.1) is 31.5 Å². The van der Waals surface area contributed by atoms with Gasteiger partial charge in [0.1, 0.15) is 0 Å². The van der Waals surface area contributed by atoms with E-state index in [9.17, 15) is 10.2 Å². The molecule has 3 heterocycles. The third-order valence-electron chi connectivity index (χ3n) is 6.58. The number of allylic oxidation sites excluding steroid dienone is 3. The van der Waals surface area contributed by atoms with Crippen molar-refractivity contribution in [1.82, 2.24) is 9.78 Å². The lowest BCUT2D eigenvalue weighted by Gasteiger charge is -2.31. The number of hydrogen-bond donors (Lipinski definition) is 2. The van der Waals surface area contributed by atoms with E-state index in [2.05, 4.69) is 45.0 Å². The second kappa shape index (κ2) is 14.7. The zero-order valence-electron chi connectivity index (χ0n) is 21.9. The minimum absolute atomic E-state index is 0.131. The maximum Gasteiger partial charge on any atom is 0.238 e. The van der Waals surface area contributed by atoms with Crippen molar-refractivity contribution in [2.75, 3.05) is 19.8 Å². The Hall–Kier alpha value is -1.67. The van der Waals surface area contributed by atoms with Gasteiger partial charge in [-0.25, -0.2) is 0 Å². The maximum absolute atomic E-state index is 10.1. The predicted molar refractivity (Wildman–Crippen MR) is 135 cm³/mol. The minimum Gasteiger partial charge on any atom is -0.446 e. The molecule has 2 aliphatic heterocycles. The molecule has 2 fully saturated rings. The summed E-state index contributed by atoms with van der Waals surface area (Å²) in [7, 11) is 0. The zero-order chi connectivity index (χ0) is 25.1. The number of nitrogens with zero attached hydrogens (tertiary/aromatic N) is 2. The first kappa shape index (κ1) is 28.6. The van der Waals surface area contributed by atoms with Crippen LogP contribution in [0.5, 0.6) is 5.88 Å². The predicted octanol–water partition coefficient (Wildman–Crippen LogP) is 4.91. The summed E-state index contributed by atoms with van der Waals surface area (Å²) in [5.74, 6) is 0.566. The van der Waals surface area contributed by atoms with Gasteiger partial charge in [-0.05, 0) is 52.4 Å². The topological polar surface area (TPSA) is 86.0 Å². The summed E-state index contributed by atoms with van der Waals surface area (Å²) in [6, 6.07) is 0.226. The molecule has 7 heteroatoms. The molecule has 0 aliphatic carbocycles. The molecule has 1 aromatic heterocycles. The van der Waals surface area contributed by atoms with Gasteiger partial charge in [-0.1, -0.05) is 38.0 Å². The average molecular weight is 479 g/mol. The standard InChI is InChI=1S/C20H32N2O5.C7H14/c1-4-18-17(6-5-13(2)3)20(21-22(18)14-7-8-25-12-14)27-19-10-15(24)9-16(11-23)26-19;1-4-7(5-2)6-3/h14-16,19,23-24H,2,4-12H2,1,3H3;4H,5-6H2,1-3H3. The van der Waals surface area contributed by atoms with E-state index in [0.29, 0.717) is 25.3 Å². The van der Waals surface area contributed by atoms with Gasteiger partial charge in [-0.2, -0.15) is 0 Å². The second-order valence-electron chi connectivity index (χ2n) is 9.27. The lowest BCUT2D eigenvalue weighted by molar-refractivity contribution is -0.186. The first-order valence-electron chi connectivity index (χ1n) is 12.9. The number of aromatic nitrogens is 2. The Balaban J connectivity index is 0.000000509. The molecule has 194 valence electrons. The highest BCUT2D eigenvalue weighted by Gasteiger charge is 2.32. The van der Waals surface area contributed by atoms with E-state index in [0.717, 1.165) is 49.1 Å². The van der Waals surface area contributed by atoms with Crippen molar-refractivity contribution >= 4 is 0 Å². The Kier molecular flexibility index (Phi) is 12.3. The first-order valence-corrected chi connectivity index (χ1v) is 12.9. The Morgan fingerprint density at radius 3 is 2.50 bits per heavy atom. The van der Waals surface area contributed by atoms with Crippen LogP contribution in [0.2, 0.25) is 0 Å². The van der Waals surface area contributed by atoms with Gasteiger partial charge in [0, 0.05) is 30.7 Å². The number of hydrogen-bond acceptors (Lipinski definition) is 6. The van der Waals surface area contributed by atoms with Crippen LogP contribution in [0, 0.1) is 0 Å². The summed E-state index contributed by atoms with van der Waals surface area (Å²) in [5, 5.41) is 24.2. The lowest BCUT2D eigenvalue weighted by atomic mass is 10.0. The third kappa shape index (κ3) is 8.22. The van der Waals surface area contributed by atoms with Crippen LogP contribution in [-0.2, 0) is 22.3 Å². The smallest absolute Gasteiger partial charge is 0.238 e. The van der Waals surface area contributed by atoms with Gasteiger partial charge in [0.2, 0.25) is 12.2 Å². The van der Waals surface area contributed by atoms with Crippen LogP contribution in [0.3, 0.4) is 0 Å². The normalized spacial score (nSPS) is 24.3. The molecule has 0 radical (unpaired) electrons. The summed E-state index contributed by atoms with van der Waals surface area (Å²) >= 11 is 0. The number of ether oxygens (including phenoxy) is 3. The molecule has 7 nitrogen and oxygen atoms in total. The Morgan fingerprint density at radius 1 is 1.26 bits per heavy atom. The number of aliphatic hydroxyl groups excluding tert-OH is 2. The van der Waals surface area contributed by atoms with Crippen LogP contribution in [0.4, 0.5) is 0 Å². The van der Waals surface area contributed by atoms with Crippen LogP contribution in [0.15, 0.2) is 23.8 Å². The van der Waals surface area contributed by atoms with Gasteiger partial charge in [0.25, 0.3) is 0 Å². The fourth-order valence-corrected chi connectivity index (χ4v) is 4.48. The lowest BCUT2D eigenvalue weighted by Crippen LogP contribution is -2.40. The Morgan fingerprint density at radius 2 is 2.00 bits per heavy atom. The molecule has 1 aromatic rings. The van der Waals surface area contributed by atoms with Crippen LogP contribution < -0.4 is 4.74 Å². The molecule has 3 rings (SSSR count). The van der Waals surface area contributed by atoms with Crippen molar-refractivity contribution in [2.24, 2.45) is 0 Å². The van der Waals surface area contributed by atoms with E-state index in [1.165, 1.54) is 12.8 Å². The zero-order valence-corrected chi connectivity index (χ0v) is 21.9. The fraction of sp³-hybridized carbons (Fsp3) is 0.741. The van der Waals surface area contributed by atoms with Crippen molar-refractivity contribution in [3.63, 3.8) is 0 Å². The van der Waals surface area contributed by atoms with Gasteiger partial charge < -0.3 is 24.4 Å². The van der Waals surface area contributed by atoms with Gasteiger partial charge in [0.15, 0.2) is 0 Å². The summed E-state index contributed by atoms with van der Waals surface area (Å²) in [5.41, 5.74) is 4.91. The van der Waals surface area contributed by atoms with Crippen molar-refractivity contribution in [3.05, 3.63) is 35.1 Å². The van der Waals surface area contributed by atoms with Crippen molar-refractivity contribution in [3.8, 4) is 5.88 Å². The van der Waals surface area contributed by atoms with E-state index in [-0.39, 0.29) is 12.6 Å². The highest BCUT2D eigenvalue weighted by molar-refractivity contribution is 5.33. The van der Waals surface area contributed by atoms with Crippen molar-refractivity contribution in [1.29, 1.82) is 0 Å². The molecule has 2 aliphatic rings. The third-order valence-corrected chi connectivity index (χ3v) is 6.58. The van der Waals surface area contributed by atoms with Crippen LogP contribution in [0.25, 0.3) is 0 Å². The van der Waals surface area contributed by atoms with Gasteiger partial charge in [-0.15, -0.1) is 11.7 Å². The van der Waals surface area contributed by atoms with Crippen molar-refractivity contribution in [2.45, 2.75) is 111 Å². The quantitative estimate of drug-likeness (QED) is 0.465. The molecule has 0 amide bonds. The minimum atomic E-state index is -0.609. The number of aliphatic hydroxyl groups is 2. The molecule has 0 aromatic carbocycles. The monoisotopic (exact) mass is 478 g/mol. The molecule has 4 unspecified atom stereocenters. The maximum atomic E-state index is 10.1. The summed E-state index contributed by atoms with van der Waals surface area (Å²) in [4.78, 5) is 0. The number of rotatable bonds is 10. The second-order valence-corrected chi connectivity index (χ2v) is 9.27. The molecule has 0 bridgehead atoms. The molecule has 2 N–H and O–H groups in total.